The van der Waals surface area contributed by atoms with Crippen LogP contribution in [0.1, 0.15) is 29.8 Å². The fourth-order valence-corrected chi connectivity index (χ4v) is 2.77. The van der Waals surface area contributed by atoms with Crippen molar-refractivity contribution < 1.29 is 13.9 Å². The number of para-hydroxylation sites is 1. The van der Waals surface area contributed by atoms with Crippen molar-refractivity contribution in [2.45, 2.75) is 25.4 Å². The van der Waals surface area contributed by atoms with Gasteiger partial charge in [0.05, 0.1) is 6.10 Å². The van der Waals surface area contributed by atoms with Crippen LogP contribution in [0.25, 0.3) is 10.9 Å². The number of aromatic nitrogens is 1. The lowest BCUT2D eigenvalue weighted by atomic mass is 10.1. The SMILES string of the molecule is CN(C[C@H]1CCCCO1)C(=O)c1ccc2cccc(F)c2n1. The van der Waals surface area contributed by atoms with Gasteiger partial charge in [-0.25, -0.2) is 9.37 Å². The Kier molecular flexibility index (Phi) is 4.34. The predicted molar refractivity (Wildman–Crippen MR) is 82.3 cm³/mol. The van der Waals surface area contributed by atoms with E-state index in [1.165, 1.54) is 6.07 Å². The van der Waals surface area contributed by atoms with Crippen LogP contribution in [0.5, 0.6) is 0 Å². The molecule has 5 heteroatoms. The summed E-state index contributed by atoms with van der Waals surface area (Å²) in [6.45, 7) is 1.29. The lowest BCUT2D eigenvalue weighted by Gasteiger charge is -2.27. The second kappa shape index (κ2) is 6.40. The standard InChI is InChI=1S/C17H19FN2O2/c1-20(11-13-6-2-3-10-22-13)17(21)15-9-8-12-5-4-7-14(18)16(12)19-15/h4-5,7-9,13H,2-3,6,10-11H2,1H3/t13-/m1/s1. The number of carbonyl (C=O) groups is 1. The molecule has 0 unspecified atom stereocenters. The third-order valence-corrected chi connectivity index (χ3v) is 3.99. The maximum Gasteiger partial charge on any atom is 0.272 e. The van der Waals surface area contributed by atoms with Gasteiger partial charge in [0.2, 0.25) is 0 Å². The molecule has 0 aliphatic carbocycles. The zero-order chi connectivity index (χ0) is 15.5. The van der Waals surface area contributed by atoms with E-state index in [1.54, 1.807) is 36.2 Å². The molecule has 0 N–H and O–H groups in total. The van der Waals surface area contributed by atoms with Crippen molar-refractivity contribution in [3.63, 3.8) is 0 Å². The molecule has 0 bridgehead atoms. The molecule has 116 valence electrons. The zero-order valence-electron chi connectivity index (χ0n) is 12.6. The summed E-state index contributed by atoms with van der Waals surface area (Å²) >= 11 is 0. The van der Waals surface area contributed by atoms with Gasteiger partial charge in [-0.1, -0.05) is 18.2 Å². The van der Waals surface area contributed by atoms with Crippen LogP contribution in [0.15, 0.2) is 30.3 Å². The highest BCUT2D eigenvalue weighted by Gasteiger charge is 2.20. The molecule has 0 radical (unpaired) electrons. The second-order valence-corrected chi connectivity index (χ2v) is 5.68. The average Bonchev–Trinajstić information content (AvgIpc) is 2.55. The van der Waals surface area contributed by atoms with E-state index < -0.39 is 5.82 Å². The molecule has 1 aromatic carbocycles. The minimum Gasteiger partial charge on any atom is -0.376 e. The second-order valence-electron chi connectivity index (χ2n) is 5.68. The number of nitrogens with zero attached hydrogens (tertiary/aromatic N) is 2. The van der Waals surface area contributed by atoms with E-state index in [-0.39, 0.29) is 23.2 Å². The summed E-state index contributed by atoms with van der Waals surface area (Å²) in [4.78, 5) is 18.2. The van der Waals surface area contributed by atoms with Crippen LogP contribution in [0, 0.1) is 5.82 Å². The Labute approximate surface area is 128 Å². The summed E-state index contributed by atoms with van der Waals surface area (Å²) in [6.07, 6.45) is 3.27. The van der Waals surface area contributed by atoms with Crippen LogP contribution in [-0.2, 0) is 4.74 Å². The average molecular weight is 302 g/mol. The molecule has 22 heavy (non-hydrogen) atoms. The van der Waals surface area contributed by atoms with Crippen molar-refractivity contribution in [3.8, 4) is 0 Å². The number of rotatable bonds is 3. The Bertz CT molecular complexity index is 683. The van der Waals surface area contributed by atoms with Gasteiger partial charge in [0.25, 0.3) is 5.91 Å². The van der Waals surface area contributed by atoms with E-state index in [0.29, 0.717) is 11.9 Å². The third kappa shape index (κ3) is 3.09. The molecule has 2 heterocycles. The molecule has 1 amide bonds. The summed E-state index contributed by atoms with van der Waals surface area (Å²) in [5.74, 6) is -0.621. The molecule has 1 aliphatic heterocycles. The molecule has 1 aromatic heterocycles. The molecule has 0 spiro atoms. The molecule has 1 aliphatic rings. The fraction of sp³-hybridized carbons (Fsp3) is 0.412. The number of fused-ring (bicyclic) bond motifs is 1. The van der Waals surface area contributed by atoms with Crippen LogP contribution < -0.4 is 0 Å². The van der Waals surface area contributed by atoms with Gasteiger partial charge in [-0.05, 0) is 31.4 Å². The molecular formula is C17H19FN2O2. The minimum atomic E-state index is -0.412. The van der Waals surface area contributed by atoms with Crippen molar-refractivity contribution in [2.24, 2.45) is 0 Å². The topological polar surface area (TPSA) is 42.4 Å². The van der Waals surface area contributed by atoms with Gasteiger partial charge < -0.3 is 9.64 Å². The number of hydrogen-bond acceptors (Lipinski definition) is 3. The quantitative estimate of drug-likeness (QED) is 0.875. The zero-order valence-corrected chi connectivity index (χ0v) is 12.6. The smallest absolute Gasteiger partial charge is 0.272 e. The molecule has 1 atom stereocenters. The number of ether oxygens (including phenoxy) is 1. The molecule has 4 nitrogen and oxygen atoms in total. The van der Waals surface area contributed by atoms with E-state index >= 15 is 0 Å². The first-order chi connectivity index (χ1) is 10.6. The highest BCUT2D eigenvalue weighted by molar-refractivity contribution is 5.94. The van der Waals surface area contributed by atoms with Gasteiger partial charge in [-0.2, -0.15) is 0 Å². The highest BCUT2D eigenvalue weighted by atomic mass is 19.1. The van der Waals surface area contributed by atoms with Gasteiger partial charge in [0.1, 0.15) is 17.0 Å². The van der Waals surface area contributed by atoms with E-state index in [4.69, 9.17) is 4.74 Å². The largest absolute Gasteiger partial charge is 0.376 e. The van der Waals surface area contributed by atoms with E-state index in [9.17, 15) is 9.18 Å². The minimum absolute atomic E-state index is 0.0832. The summed E-state index contributed by atoms with van der Waals surface area (Å²) in [7, 11) is 1.73. The lowest BCUT2D eigenvalue weighted by Crippen LogP contribution is -2.37. The van der Waals surface area contributed by atoms with Gasteiger partial charge in [-0.3, -0.25) is 4.79 Å². The van der Waals surface area contributed by atoms with Crippen molar-refractivity contribution in [1.29, 1.82) is 0 Å². The van der Waals surface area contributed by atoms with Gasteiger partial charge in [0.15, 0.2) is 0 Å². The molecule has 2 aromatic rings. The van der Waals surface area contributed by atoms with Crippen LogP contribution in [0.2, 0.25) is 0 Å². The first-order valence-corrected chi connectivity index (χ1v) is 7.57. The monoisotopic (exact) mass is 302 g/mol. The summed E-state index contributed by atoms with van der Waals surface area (Å²) in [6, 6.07) is 8.13. The van der Waals surface area contributed by atoms with E-state index in [1.807, 2.05) is 0 Å². The summed E-state index contributed by atoms with van der Waals surface area (Å²) < 4.78 is 19.4. The normalized spacial score (nSPS) is 18.4. The van der Waals surface area contributed by atoms with Gasteiger partial charge >= 0.3 is 0 Å². The number of carbonyl (C=O) groups excluding carboxylic acids is 1. The fourth-order valence-electron chi connectivity index (χ4n) is 2.77. The molecule has 1 fully saturated rings. The van der Waals surface area contributed by atoms with Crippen LogP contribution in [-0.4, -0.2) is 42.1 Å². The first-order valence-electron chi connectivity index (χ1n) is 7.57. The highest BCUT2D eigenvalue weighted by Crippen LogP contribution is 2.18. The summed E-state index contributed by atoms with van der Waals surface area (Å²) in [5.41, 5.74) is 0.492. The Morgan fingerprint density at radius 2 is 2.23 bits per heavy atom. The van der Waals surface area contributed by atoms with Crippen molar-refractivity contribution in [1.82, 2.24) is 9.88 Å². The third-order valence-electron chi connectivity index (χ3n) is 3.99. The predicted octanol–water partition coefficient (Wildman–Crippen LogP) is 3.02. The van der Waals surface area contributed by atoms with E-state index in [0.717, 1.165) is 25.9 Å². The first kappa shape index (κ1) is 14.9. The molecule has 3 rings (SSSR count). The maximum atomic E-state index is 13.8. The number of pyridine rings is 1. The number of likely N-dealkylation sites (N-methyl/N-ethyl adjacent to an activating group) is 1. The van der Waals surface area contributed by atoms with Crippen LogP contribution >= 0.6 is 0 Å². The molecular weight excluding hydrogens is 283 g/mol. The Morgan fingerprint density at radius 3 is 3.00 bits per heavy atom. The maximum absolute atomic E-state index is 13.8. The number of halogens is 1. The van der Waals surface area contributed by atoms with Crippen molar-refractivity contribution in [3.05, 3.63) is 41.8 Å². The van der Waals surface area contributed by atoms with Crippen molar-refractivity contribution >= 4 is 16.8 Å². The Balaban J connectivity index is 1.77. The molecule has 1 saturated heterocycles. The lowest BCUT2D eigenvalue weighted by molar-refractivity contribution is -0.000282. The molecule has 0 saturated carbocycles. The Morgan fingerprint density at radius 1 is 1.36 bits per heavy atom. The van der Waals surface area contributed by atoms with Crippen LogP contribution in [0.4, 0.5) is 4.39 Å². The number of benzene rings is 1. The van der Waals surface area contributed by atoms with Gasteiger partial charge in [-0.15, -0.1) is 0 Å². The van der Waals surface area contributed by atoms with E-state index in [2.05, 4.69) is 4.98 Å². The number of amides is 1. The van der Waals surface area contributed by atoms with Gasteiger partial charge in [0, 0.05) is 25.6 Å². The van der Waals surface area contributed by atoms with Crippen molar-refractivity contribution in [2.75, 3.05) is 20.2 Å². The van der Waals surface area contributed by atoms with Crippen LogP contribution in [0.3, 0.4) is 0 Å². The summed E-state index contributed by atoms with van der Waals surface area (Å²) in [5, 5.41) is 0.690. The number of hydrogen-bond donors (Lipinski definition) is 0. The Hall–Kier alpha value is -2.01.